The van der Waals surface area contributed by atoms with Gasteiger partial charge in [0.05, 0.1) is 11.7 Å². The fraction of sp³-hybridized carbons (Fsp3) is 0.812. The third-order valence-electron chi connectivity index (χ3n) is 4.13. The first-order valence-electron chi connectivity index (χ1n) is 7.79. The van der Waals surface area contributed by atoms with Crippen LogP contribution in [0, 0.1) is 11.8 Å². The molecule has 2 nitrogen and oxygen atoms in total. The summed E-state index contributed by atoms with van der Waals surface area (Å²) in [5.74, 6) is 2.02. The molecule has 108 valence electrons. The SMILES string of the molecule is CC(C)CC(CCl)Cc1ccn(C2CCCCC2)n1. The van der Waals surface area contributed by atoms with Crippen LogP contribution in [-0.2, 0) is 6.42 Å². The molecule has 0 N–H and O–H groups in total. The van der Waals surface area contributed by atoms with Gasteiger partial charge in [0.1, 0.15) is 0 Å². The Morgan fingerprint density at radius 2 is 2.05 bits per heavy atom. The zero-order valence-electron chi connectivity index (χ0n) is 12.3. The minimum atomic E-state index is 0.566. The van der Waals surface area contributed by atoms with E-state index in [1.807, 2.05) is 0 Å². The first-order chi connectivity index (χ1) is 9.19. The summed E-state index contributed by atoms with van der Waals surface area (Å²) in [7, 11) is 0. The molecule has 0 bridgehead atoms. The topological polar surface area (TPSA) is 17.8 Å². The van der Waals surface area contributed by atoms with Gasteiger partial charge in [-0.05, 0) is 43.6 Å². The van der Waals surface area contributed by atoms with Crippen molar-refractivity contribution < 1.29 is 0 Å². The summed E-state index contributed by atoms with van der Waals surface area (Å²) in [6, 6.07) is 2.83. The number of nitrogens with zero attached hydrogens (tertiary/aromatic N) is 2. The normalized spacial score (nSPS) is 18.9. The molecule has 1 aromatic rings. The highest BCUT2D eigenvalue weighted by Crippen LogP contribution is 2.28. The van der Waals surface area contributed by atoms with Gasteiger partial charge < -0.3 is 0 Å². The molecule has 0 aliphatic heterocycles. The van der Waals surface area contributed by atoms with Gasteiger partial charge in [0, 0.05) is 12.1 Å². The van der Waals surface area contributed by atoms with Crippen molar-refractivity contribution in [1.29, 1.82) is 0 Å². The van der Waals surface area contributed by atoms with E-state index in [9.17, 15) is 0 Å². The number of hydrogen-bond acceptors (Lipinski definition) is 1. The molecule has 1 heterocycles. The lowest BCUT2D eigenvalue weighted by Crippen LogP contribution is -2.14. The molecule has 1 unspecified atom stereocenters. The van der Waals surface area contributed by atoms with Gasteiger partial charge in [0.25, 0.3) is 0 Å². The van der Waals surface area contributed by atoms with Gasteiger partial charge in [-0.1, -0.05) is 33.1 Å². The van der Waals surface area contributed by atoms with Crippen LogP contribution >= 0.6 is 11.6 Å². The van der Waals surface area contributed by atoms with Crippen molar-refractivity contribution in [2.75, 3.05) is 5.88 Å². The van der Waals surface area contributed by atoms with Crippen LogP contribution in [0.5, 0.6) is 0 Å². The average molecular weight is 283 g/mol. The lowest BCUT2D eigenvalue weighted by atomic mass is 9.95. The maximum absolute atomic E-state index is 6.08. The van der Waals surface area contributed by atoms with Gasteiger partial charge in [-0.3, -0.25) is 4.68 Å². The summed E-state index contributed by atoms with van der Waals surface area (Å²) in [4.78, 5) is 0. The smallest absolute Gasteiger partial charge is 0.0627 e. The Kier molecular flexibility index (Phi) is 5.75. The largest absolute Gasteiger partial charge is 0.269 e. The van der Waals surface area contributed by atoms with Gasteiger partial charge in [-0.25, -0.2) is 0 Å². The van der Waals surface area contributed by atoms with Crippen molar-refractivity contribution in [2.24, 2.45) is 11.8 Å². The first-order valence-corrected chi connectivity index (χ1v) is 8.32. The molecule has 0 spiro atoms. The van der Waals surface area contributed by atoms with Crippen LogP contribution in [-0.4, -0.2) is 15.7 Å². The van der Waals surface area contributed by atoms with Crippen LogP contribution in [0.3, 0.4) is 0 Å². The maximum Gasteiger partial charge on any atom is 0.0627 e. The van der Waals surface area contributed by atoms with E-state index in [1.165, 1.54) is 44.2 Å². The Bertz CT molecular complexity index is 367. The van der Waals surface area contributed by atoms with Crippen LogP contribution in [0.15, 0.2) is 12.3 Å². The molecule has 19 heavy (non-hydrogen) atoms. The number of rotatable bonds is 6. The van der Waals surface area contributed by atoms with E-state index in [2.05, 4.69) is 30.8 Å². The zero-order chi connectivity index (χ0) is 13.7. The van der Waals surface area contributed by atoms with Crippen molar-refractivity contribution in [1.82, 2.24) is 9.78 Å². The van der Waals surface area contributed by atoms with Gasteiger partial charge >= 0.3 is 0 Å². The molecule has 0 aromatic carbocycles. The summed E-state index contributed by atoms with van der Waals surface area (Å²) in [5, 5.41) is 4.79. The average Bonchev–Trinajstić information content (AvgIpc) is 2.87. The van der Waals surface area contributed by atoms with Crippen molar-refractivity contribution in [3.05, 3.63) is 18.0 Å². The summed E-state index contributed by atoms with van der Waals surface area (Å²) in [5.41, 5.74) is 1.22. The molecule has 1 saturated carbocycles. The lowest BCUT2D eigenvalue weighted by Gasteiger charge is -2.22. The van der Waals surface area contributed by atoms with Gasteiger partial charge in [-0.15, -0.1) is 11.6 Å². The van der Waals surface area contributed by atoms with E-state index in [0.29, 0.717) is 17.9 Å². The second kappa shape index (κ2) is 7.33. The highest BCUT2D eigenvalue weighted by atomic mass is 35.5. The van der Waals surface area contributed by atoms with Crippen LogP contribution in [0.4, 0.5) is 0 Å². The monoisotopic (exact) mass is 282 g/mol. The number of alkyl halides is 1. The summed E-state index contributed by atoms with van der Waals surface area (Å²) in [6.07, 6.45) is 11.1. The second-order valence-corrected chi connectivity index (χ2v) is 6.74. The second-order valence-electron chi connectivity index (χ2n) is 6.43. The van der Waals surface area contributed by atoms with E-state index >= 15 is 0 Å². The van der Waals surface area contributed by atoms with Crippen LogP contribution in [0.25, 0.3) is 0 Å². The molecule has 1 atom stereocenters. The van der Waals surface area contributed by atoms with Gasteiger partial charge in [-0.2, -0.15) is 5.10 Å². The van der Waals surface area contributed by atoms with E-state index in [4.69, 9.17) is 16.7 Å². The van der Waals surface area contributed by atoms with E-state index < -0.39 is 0 Å². The Labute approximate surface area is 122 Å². The third kappa shape index (κ3) is 4.52. The number of halogens is 1. The molecular formula is C16H27ClN2. The van der Waals surface area contributed by atoms with E-state index in [-0.39, 0.29) is 0 Å². The standard InChI is InChI=1S/C16H27ClN2/c1-13(2)10-14(12-17)11-15-8-9-19(18-15)16-6-4-3-5-7-16/h8-9,13-14,16H,3-7,10-12H2,1-2H3. The third-order valence-corrected chi connectivity index (χ3v) is 4.57. The molecule has 0 radical (unpaired) electrons. The predicted octanol–water partition coefficient (Wildman–Crippen LogP) is 4.83. The number of aromatic nitrogens is 2. The summed E-state index contributed by atoms with van der Waals surface area (Å²) < 4.78 is 2.20. The minimum absolute atomic E-state index is 0.566. The quantitative estimate of drug-likeness (QED) is 0.683. The van der Waals surface area contributed by atoms with Crippen LogP contribution in [0.2, 0.25) is 0 Å². The number of hydrogen-bond donors (Lipinski definition) is 0. The predicted molar refractivity (Wildman–Crippen MR) is 81.7 cm³/mol. The van der Waals surface area contributed by atoms with Crippen molar-refractivity contribution in [2.45, 2.75) is 64.8 Å². The van der Waals surface area contributed by atoms with Gasteiger partial charge in [0.15, 0.2) is 0 Å². The van der Waals surface area contributed by atoms with Crippen LogP contribution < -0.4 is 0 Å². The van der Waals surface area contributed by atoms with E-state index in [0.717, 1.165) is 12.3 Å². The lowest BCUT2D eigenvalue weighted by molar-refractivity contribution is 0.326. The van der Waals surface area contributed by atoms with E-state index in [1.54, 1.807) is 0 Å². The molecule has 1 aliphatic carbocycles. The fourth-order valence-corrected chi connectivity index (χ4v) is 3.43. The molecule has 2 rings (SSSR count). The fourth-order valence-electron chi connectivity index (χ4n) is 3.20. The van der Waals surface area contributed by atoms with Gasteiger partial charge in [0.2, 0.25) is 0 Å². The molecule has 3 heteroatoms. The minimum Gasteiger partial charge on any atom is -0.269 e. The molecule has 1 fully saturated rings. The zero-order valence-corrected chi connectivity index (χ0v) is 13.1. The Morgan fingerprint density at radius 3 is 2.68 bits per heavy atom. The Morgan fingerprint density at radius 1 is 1.32 bits per heavy atom. The molecule has 0 saturated heterocycles. The maximum atomic E-state index is 6.08. The summed E-state index contributed by atoms with van der Waals surface area (Å²) >= 11 is 6.08. The van der Waals surface area contributed by atoms with Crippen LogP contribution in [0.1, 0.15) is 64.1 Å². The molecule has 0 amide bonds. The van der Waals surface area contributed by atoms with Crippen molar-refractivity contribution >= 4 is 11.6 Å². The van der Waals surface area contributed by atoms with Crippen molar-refractivity contribution in [3.8, 4) is 0 Å². The highest BCUT2D eigenvalue weighted by Gasteiger charge is 2.17. The summed E-state index contributed by atoms with van der Waals surface area (Å²) in [6.45, 7) is 4.53. The first kappa shape index (κ1) is 14.9. The highest BCUT2D eigenvalue weighted by molar-refractivity contribution is 6.18. The molecule has 1 aliphatic rings. The Balaban J connectivity index is 1.92. The molecular weight excluding hydrogens is 256 g/mol. The molecule has 1 aromatic heterocycles. The van der Waals surface area contributed by atoms with Crippen molar-refractivity contribution in [3.63, 3.8) is 0 Å². The Hall–Kier alpha value is -0.500.